The third-order valence-electron chi connectivity index (χ3n) is 3.21. The maximum absolute atomic E-state index is 12.0. The lowest BCUT2D eigenvalue weighted by atomic mass is 10.0. The smallest absolute Gasteiger partial charge is 0.257 e. The quantitative estimate of drug-likeness (QED) is 0.822. The molecule has 98 valence electrons. The van der Waals surface area contributed by atoms with Gasteiger partial charge in [0.2, 0.25) is 5.91 Å². The second-order valence-electron chi connectivity index (χ2n) is 4.47. The summed E-state index contributed by atoms with van der Waals surface area (Å²) in [6.07, 6.45) is 5.28. The average molecular weight is 250 g/mol. The summed E-state index contributed by atoms with van der Waals surface area (Å²) in [4.78, 5) is 25.1. The SMILES string of the molecule is CCC(=O)NC1CCN(C(=O)c2cn[nH]c2)CC1. The van der Waals surface area contributed by atoms with Gasteiger partial charge in [0.1, 0.15) is 0 Å². The molecule has 1 aromatic rings. The predicted molar refractivity (Wildman–Crippen MR) is 65.9 cm³/mol. The minimum atomic E-state index is 0.00372. The molecule has 0 unspecified atom stereocenters. The van der Waals surface area contributed by atoms with Crippen LogP contribution in [0.15, 0.2) is 12.4 Å². The summed E-state index contributed by atoms with van der Waals surface area (Å²) in [5, 5.41) is 9.38. The number of nitrogens with zero attached hydrogens (tertiary/aromatic N) is 2. The zero-order chi connectivity index (χ0) is 13.0. The average Bonchev–Trinajstić information content (AvgIpc) is 2.92. The highest BCUT2D eigenvalue weighted by atomic mass is 16.2. The molecule has 0 saturated carbocycles. The molecule has 0 aliphatic carbocycles. The fourth-order valence-electron chi connectivity index (χ4n) is 2.11. The van der Waals surface area contributed by atoms with Crippen LogP contribution < -0.4 is 5.32 Å². The summed E-state index contributed by atoms with van der Waals surface area (Å²) in [6, 6.07) is 0.200. The number of likely N-dealkylation sites (tertiary alicyclic amines) is 1. The van der Waals surface area contributed by atoms with Gasteiger partial charge in [-0.25, -0.2) is 0 Å². The van der Waals surface area contributed by atoms with Crippen molar-refractivity contribution in [2.75, 3.05) is 13.1 Å². The molecule has 1 aliphatic rings. The summed E-state index contributed by atoms with van der Waals surface area (Å²) >= 11 is 0. The minimum Gasteiger partial charge on any atom is -0.353 e. The van der Waals surface area contributed by atoms with Gasteiger partial charge < -0.3 is 10.2 Å². The Balaban J connectivity index is 1.83. The van der Waals surface area contributed by atoms with Gasteiger partial charge in [0.15, 0.2) is 0 Å². The molecule has 2 amide bonds. The number of H-pyrrole nitrogens is 1. The van der Waals surface area contributed by atoms with Crippen molar-refractivity contribution in [1.82, 2.24) is 20.4 Å². The second kappa shape index (κ2) is 5.66. The lowest BCUT2D eigenvalue weighted by Crippen LogP contribution is -2.46. The molecule has 1 aromatic heterocycles. The van der Waals surface area contributed by atoms with E-state index in [-0.39, 0.29) is 17.9 Å². The van der Waals surface area contributed by atoms with Gasteiger partial charge >= 0.3 is 0 Å². The molecule has 0 bridgehead atoms. The first-order valence-corrected chi connectivity index (χ1v) is 6.28. The Morgan fingerprint density at radius 2 is 2.22 bits per heavy atom. The molecule has 2 N–H and O–H groups in total. The summed E-state index contributed by atoms with van der Waals surface area (Å²) in [7, 11) is 0. The second-order valence-corrected chi connectivity index (χ2v) is 4.47. The van der Waals surface area contributed by atoms with Gasteiger partial charge in [-0.05, 0) is 12.8 Å². The van der Waals surface area contributed by atoms with E-state index in [9.17, 15) is 9.59 Å². The topological polar surface area (TPSA) is 78.1 Å². The van der Waals surface area contributed by atoms with Crippen LogP contribution in [0.25, 0.3) is 0 Å². The van der Waals surface area contributed by atoms with Crippen LogP contribution in [0.3, 0.4) is 0 Å². The number of carbonyl (C=O) groups is 2. The molecule has 0 radical (unpaired) electrons. The van der Waals surface area contributed by atoms with Crippen molar-refractivity contribution >= 4 is 11.8 Å². The number of carbonyl (C=O) groups excluding carboxylic acids is 2. The van der Waals surface area contributed by atoms with Crippen molar-refractivity contribution in [1.29, 1.82) is 0 Å². The summed E-state index contributed by atoms with van der Waals surface area (Å²) in [5.74, 6) is 0.0821. The number of nitrogens with one attached hydrogen (secondary N) is 2. The van der Waals surface area contributed by atoms with Gasteiger partial charge in [-0.15, -0.1) is 0 Å². The van der Waals surface area contributed by atoms with E-state index >= 15 is 0 Å². The van der Waals surface area contributed by atoms with E-state index in [4.69, 9.17) is 0 Å². The van der Waals surface area contributed by atoms with Crippen LogP contribution >= 0.6 is 0 Å². The zero-order valence-electron chi connectivity index (χ0n) is 10.5. The van der Waals surface area contributed by atoms with Gasteiger partial charge in [0.25, 0.3) is 5.91 Å². The van der Waals surface area contributed by atoms with Gasteiger partial charge in [0.05, 0.1) is 11.8 Å². The normalized spacial score (nSPS) is 16.6. The number of aromatic amines is 1. The Labute approximate surface area is 106 Å². The maximum atomic E-state index is 12.0. The van der Waals surface area contributed by atoms with E-state index in [2.05, 4.69) is 15.5 Å². The van der Waals surface area contributed by atoms with E-state index in [0.29, 0.717) is 25.1 Å². The van der Waals surface area contributed by atoms with Crippen LogP contribution in [0, 0.1) is 0 Å². The molecular formula is C12H18N4O2. The van der Waals surface area contributed by atoms with Crippen molar-refractivity contribution in [2.24, 2.45) is 0 Å². The van der Waals surface area contributed by atoms with Gasteiger partial charge in [-0.1, -0.05) is 6.92 Å². The third kappa shape index (κ3) is 2.88. The molecule has 6 heteroatoms. The van der Waals surface area contributed by atoms with Crippen molar-refractivity contribution in [3.05, 3.63) is 18.0 Å². The molecule has 2 rings (SSSR count). The number of hydrogen-bond donors (Lipinski definition) is 2. The van der Waals surface area contributed by atoms with Crippen molar-refractivity contribution in [3.8, 4) is 0 Å². The Bertz CT molecular complexity index is 408. The van der Waals surface area contributed by atoms with Crippen molar-refractivity contribution in [3.63, 3.8) is 0 Å². The highest BCUT2D eigenvalue weighted by Crippen LogP contribution is 2.13. The highest BCUT2D eigenvalue weighted by molar-refractivity contribution is 5.93. The molecule has 0 aromatic carbocycles. The lowest BCUT2D eigenvalue weighted by Gasteiger charge is -2.32. The van der Waals surface area contributed by atoms with Crippen LogP contribution in [0.5, 0.6) is 0 Å². The zero-order valence-corrected chi connectivity index (χ0v) is 10.5. The van der Waals surface area contributed by atoms with Crippen molar-refractivity contribution < 1.29 is 9.59 Å². The van der Waals surface area contributed by atoms with E-state index in [1.165, 1.54) is 6.20 Å². The number of piperidine rings is 1. The first kappa shape index (κ1) is 12.6. The molecular weight excluding hydrogens is 232 g/mol. The molecule has 0 atom stereocenters. The van der Waals surface area contributed by atoms with Crippen LogP contribution in [0.1, 0.15) is 36.5 Å². The Morgan fingerprint density at radius 1 is 1.50 bits per heavy atom. The highest BCUT2D eigenvalue weighted by Gasteiger charge is 2.24. The number of rotatable bonds is 3. The molecule has 6 nitrogen and oxygen atoms in total. The van der Waals surface area contributed by atoms with Crippen LogP contribution in [0.2, 0.25) is 0 Å². The minimum absolute atomic E-state index is 0.00372. The lowest BCUT2D eigenvalue weighted by molar-refractivity contribution is -0.121. The monoisotopic (exact) mass is 250 g/mol. The number of aromatic nitrogens is 2. The van der Waals surface area contributed by atoms with Gasteiger partial charge in [-0.2, -0.15) is 5.10 Å². The fraction of sp³-hybridized carbons (Fsp3) is 0.583. The maximum Gasteiger partial charge on any atom is 0.257 e. The van der Waals surface area contributed by atoms with Gasteiger partial charge in [0, 0.05) is 31.7 Å². The Kier molecular flexibility index (Phi) is 3.96. The molecule has 18 heavy (non-hydrogen) atoms. The molecule has 1 fully saturated rings. The van der Waals surface area contributed by atoms with Crippen LogP contribution in [-0.2, 0) is 4.79 Å². The Hall–Kier alpha value is -1.85. The van der Waals surface area contributed by atoms with E-state index in [1.807, 2.05) is 6.92 Å². The number of amides is 2. The van der Waals surface area contributed by atoms with E-state index in [0.717, 1.165) is 12.8 Å². The summed E-state index contributed by atoms with van der Waals surface area (Å²) < 4.78 is 0. The van der Waals surface area contributed by atoms with Crippen LogP contribution in [-0.4, -0.2) is 46.0 Å². The van der Waals surface area contributed by atoms with Crippen molar-refractivity contribution in [2.45, 2.75) is 32.2 Å². The largest absolute Gasteiger partial charge is 0.353 e. The summed E-state index contributed by atoms with van der Waals surface area (Å²) in [5.41, 5.74) is 0.589. The molecule has 2 heterocycles. The first-order valence-electron chi connectivity index (χ1n) is 6.28. The first-order chi connectivity index (χ1) is 8.70. The van der Waals surface area contributed by atoms with E-state index < -0.39 is 0 Å². The standard InChI is InChI=1S/C12H18N4O2/c1-2-11(17)15-10-3-5-16(6-4-10)12(18)9-7-13-14-8-9/h7-8,10H,2-6H2,1H3,(H,13,14)(H,15,17). The van der Waals surface area contributed by atoms with Gasteiger partial charge in [-0.3, -0.25) is 14.7 Å². The Morgan fingerprint density at radius 3 is 2.78 bits per heavy atom. The molecule has 1 saturated heterocycles. The molecule has 1 aliphatic heterocycles. The molecule has 0 spiro atoms. The summed E-state index contributed by atoms with van der Waals surface area (Å²) in [6.45, 7) is 3.20. The van der Waals surface area contributed by atoms with E-state index in [1.54, 1.807) is 11.1 Å². The fourth-order valence-corrected chi connectivity index (χ4v) is 2.11. The number of hydrogen-bond acceptors (Lipinski definition) is 3. The van der Waals surface area contributed by atoms with Crippen LogP contribution in [0.4, 0.5) is 0 Å². The predicted octanol–water partition coefficient (Wildman–Crippen LogP) is 0.540. The third-order valence-corrected chi connectivity index (χ3v) is 3.21.